The van der Waals surface area contributed by atoms with Crippen molar-refractivity contribution in [1.29, 1.82) is 0 Å². The largest absolute Gasteiger partial charge is 0.481 e. The molecular formula is C11H15NO2. The molecule has 0 fully saturated rings. The number of fused-ring (bicyclic) bond motifs is 1. The number of rotatable bonds is 2. The monoisotopic (exact) mass is 193 g/mol. The molecule has 14 heavy (non-hydrogen) atoms. The minimum absolute atomic E-state index is 0.303. The molecule has 1 aromatic rings. The summed E-state index contributed by atoms with van der Waals surface area (Å²) in [5.74, 6) is -0.361. The zero-order valence-electron chi connectivity index (χ0n) is 8.34. The third-order valence-electron chi connectivity index (χ3n) is 3.06. The number of carboxylic acids is 1. The Kier molecular flexibility index (Phi) is 2.32. The molecule has 0 spiro atoms. The van der Waals surface area contributed by atoms with Crippen molar-refractivity contribution in [3.63, 3.8) is 0 Å². The van der Waals surface area contributed by atoms with E-state index in [1.165, 1.54) is 16.8 Å². The third-order valence-corrected chi connectivity index (χ3v) is 3.06. The maximum atomic E-state index is 10.6. The van der Waals surface area contributed by atoms with Gasteiger partial charge in [0.1, 0.15) is 0 Å². The molecule has 0 aromatic carbocycles. The van der Waals surface area contributed by atoms with Gasteiger partial charge in [0.15, 0.2) is 0 Å². The van der Waals surface area contributed by atoms with Gasteiger partial charge in [-0.25, -0.2) is 0 Å². The molecule has 2 rings (SSSR count). The summed E-state index contributed by atoms with van der Waals surface area (Å²) in [6, 6.07) is 0. The van der Waals surface area contributed by atoms with Crippen LogP contribution in [0.5, 0.6) is 0 Å². The molecule has 1 heterocycles. The van der Waals surface area contributed by atoms with Gasteiger partial charge in [-0.2, -0.15) is 0 Å². The van der Waals surface area contributed by atoms with Crippen LogP contribution in [-0.4, -0.2) is 16.1 Å². The number of hydrogen-bond acceptors (Lipinski definition) is 1. The van der Waals surface area contributed by atoms with Gasteiger partial charge in [0, 0.05) is 18.3 Å². The van der Waals surface area contributed by atoms with E-state index in [1.807, 2.05) is 6.20 Å². The van der Waals surface area contributed by atoms with Crippen LogP contribution in [0, 0.1) is 12.8 Å². The average molecular weight is 193 g/mol. The summed E-state index contributed by atoms with van der Waals surface area (Å²) in [5, 5.41) is 8.71. The SMILES string of the molecule is Cc1c[nH]c2c1CCC(CC(=O)O)C2. The van der Waals surface area contributed by atoms with Crippen LogP contribution in [0.2, 0.25) is 0 Å². The van der Waals surface area contributed by atoms with E-state index < -0.39 is 5.97 Å². The number of nitrogens with one attached hydrogen (secondary N) is 1. The Bertz CT molecular complexity index is 354. The maximum Gasteiger partial charge on any atom is 0.303 e. The number of aromatic amines is 1. The van der Waals surface area contributed by atoms with E-state index in [9.17, 15) is 4.79 Å². The van der Waals surface area contributed by atoms with Gasteiger partial charge in [-0.1, -0.05) is 0 Å². The summed E-state index contributed by atoms with van der Waals surface area (Å²) in [6.07, 6.45) is 5.27. The van der Waals surface area contributed by atoms with Crippen molar-refractivity contribution in [3.05, 3.63) is 23.0 Å². The predicted octanol–water partition coefficient (Wildman–Crippen LogP) is 1.90. The maximum absolute atomic E-state index is 10.6. The molecule has 0 radical (unpaired) electrons. The van der Waals surface area contributed by atoms with Crippen LogP contribution in [0.15, 0.2) is 6.20 Å². The van der Waals surface area contributed by atoms with Gasteiger partial charge in [-0.05, 0) is 43.2 Å². The number of aliphatic carboxylic acids is 1. The lowest BCUT2D eigenvalue weighted by Crippen LogP contribution is -2.17. The highest BCUT2D eigenvalue weighted by Gasteiger charge is 2.22. The quantitative estimate of drug-likeness (QED) is 0.753. The Morgan fingerprint density at radius 2 is 2.50 bits per heavy atom. The van der Waals surface area contributed by atoms with Crippen molar-refractivity contribution in [2.24, 2.45) is 5.92 Å². The van der Waals surface area contributed by atoms with Crippen LogP contribution < -0.4 is 0 Å². The number of carboxylic acid groups (broad SMARTS) is 1. The molecule has 1 aliphatic rings. The molecule has 0 bridgehead atoms. The Labute approximate surface area is 83.1 Å². The zero-order valence-corrected chi connectivity index (χ0v) is 8.34. The Morgan fingerprint density at radius 1 is 1.71 bits per heavy atom. The van der Waals surface area contributed by atoms with Crippen molar-refractivity contribution in [2.75, 3.05) is 0 Å². The van der Waals surface area contributed by atoms with Crippen molar-refractivity contribution in [3.8, 4) is 0 Å². The van der Waals surface area contributed by atoms with Crippen LogP contribution in [-0.2, 0) is 17.6 Å². The highest BCUT2D eigenvalue weighted by Crippen LogP contribution is 2.28. The number of hydrogen-bond donors (Lipinski definition) is 2. The molecule has 0 amide bonds. The summed E-state index contributed by atoms with van der Waals surface area (Å²) in [5.41, 5.74) is 3.97. The fourth-order valence-electron chi connectivity index (χ4n) is 2.30. The van der Waals surface area contributed by atoms with Crippen molar-refractivity contribution in [2.45, 2.75) is 32.6 Å². The number of aromatic nitrogens is 1. The van der Waals surface area contributed by atoms with Gasteiger partial charge in [0.25, 0.3) is 0 Å². The molecular weight excluding hydrogens is 178 g/mol. The normalized spacial score (nSPS) is 20.5. The van der Waals surface area contributed by atoms with Gasteiger partial charge in [0.2, 0.25) is 0 Å². The van der Waals surface area contributed by atoms with Crippen molar-refractivity contribution in [1.82, 2.24) is 4.98 Å². The standard InChI is InChI=1S/C11H15NO2/c1-7-6-12-10-4-8(5-11(13)14)2-3-9(7)10/h6,8,12H,2-5H2,1H3,(H,13,14). The fraction of sp³-hybridized carbons (Fsp3) is 0.545. The molecule has 76 valence electrons. The molecule has 1 aliphatic carbocycles. The molecule has 1 aromatic heterocycles. The minimum Gasteiger partial charge on any atom is -0.481 e. The summed E-state index contributed by atoms with van der Waals surface area (Å²) in [7, 11) is 0. The Hall–Kier alpha value is -1.25. The Balaban J connectivity index is 2.10. The van der Waals surface area contributed by atoms with Crippen LogP contribution in [0.4, 0.5) is 0 Å². The van der Waals surface area contributed by atoms with E-state index >= 15 is 0 Å². The first kappa shape index (κ1) is 9.31. The second-order valence-corrected chi connectivity index (χ2v) is 4.14. The van der Waals surface area contributed by atoms with E-state index in [4.69, 9.17) is 5.11 Å². The van der Waals surface area contributed by atoms with Crippen molar-refractivity contribution >= 4 is 5.97 Å². The topological polar surface area (TPSA) is 53.1 Å². The molecule has 0 aliphatic heterocycles. The highest BCUT2D eigenvalue weighted by atomic mass is 16.4. The second kappa shape index (κ2) is 3.48. The Morgan fingerprint density at radius 3 is 3.21 bits per heavy atom. The van der Waals surface area contributed by atoms with E-state index in [2.05, 4.69) is 11.9 Å². The lowest BCUT2D eigenvalue weighted by Gasteiger charge is -2.20. The number of H-pyrrole nitrogens is 1. The van der Waals surface area contributed by atoms with Gasteiger partial charge < -0.3 is 10.1 Å². The molecule has 0 saturated heterocycles. The van der Waals surface area contributed by atoms with Crippen LogP contribution in [0.25, 0.3) is 0 Å². The van der Waals surface area contributed by atoms with E-state index in [0.29, 0.717) is 12.3 Å². The van der Waals surface area contributed by atoms with E-state index in [0.717, 1.165) is 19.3 Å². The molecule has 2 N–H and O–H groups in total. The van der Waals surface area contributed by atoms with Crippen LogP contribution in [0.1, 0.15) is 29.7 Å². The predicted molar refractivity (Wildman–Crippen MR) is 53.3 cm³/mol. The second-order valence-electron chi connectivity index (χ2n) is 4.14. The summed E-state index contributed by atoms with van der Waals surface area (Å²) >= 11 is 0. The molecule has 1 atom stereocenters. The molecule has 3 nitrogen and oxygen atoms in total. The summed E-state index contributed by atoms with van der Waals surface area (Å²) in [6.45, 7) is 2.10. The third kappa shape index (κ3) is 1.67. The smallest absolute Gasteiger partial charge is 0.303 e. The summed E-state index contributed by atoms with van der Waals surface area (Å²) < 4.78 is 0. The number of aryl methyl sites for hydroxylation is 1. The lowest BCUT2D eigenvalue weighted by molar-refractivity contribution is -0.138. The van der Waals surface area contributed by atoms with Gasteiger partial charge in [-0.15, -0.1) is 0 Å². The number of carbonyl (C=O) groups is 1. The first-order valence-electron chi connectivity index (χ1n) is 5.04. The lowest BCUT2D eigenvalue weighted by atomic mass is 9.85. The molecule has 1 unspecified atom stereocenters. The van der Waals surface area contributed by atoms with E-state index in [-0.39, 0.29) is 0 Å². The van der Waals surface area contributed by atoms with Crippen LogP contribution in [0.3, 0.4) is 0 Å². The van der Waals surface area contributed by atoms with Gasteiger partial charge in [0.05, 0.1) is 0 Å². The zero-order chi connectivity index (χ0) is 10.1. The molecule has 3 heteroatoms. The first-order valence-corrected chi connectivity index (χ1v) is 5.04. The first-order chi connectivity index (χ1) is 6.66. The van der Waals surface area contributed by atoms with Crippen molar-refractivity contribution < 1.29 is 9.90 Å². The van der Waals surface area contributed by atoms with E-state index in [1.54, 1.807) is 0 Å². The fourth-order valence-corrected chi connectivity index (χ4v) is 2.30. The summed E-state index contributed by atoms with van der Waals surface area (Å²) in [4.78, 5) is 13.8. The van der Waals surface area contributed by atoms with Gasteiger partial charge in [-0.3, -0.25) is 4.79 Å². The van der Waals surface area contributed by atoms with Crippen LogP contribution >= 0.6 is 0 Å². The molecule has 0 saturated carbocycles. The average Bonchev–Trinajstić information content (AvgIpc) is 2.46. The minimum atomic E-state index is -0.679. The highest BCUT2D eigenvalue weighted by molar-refractivity contribution is 5.67. The van der Waals surface area contributed by atoms with Gasteiger partial charge >= 0.3 is 5.97 Å².